The van der Waals surface area contributed by atoms with Gasteiger partial charge in [-0.25, -0.2) is 0 Å². The van der Waals surface area contributed by atoms with Gasteiger partial charge in [-0.15, -0.1) is 11.8 Å². The van der Waals surface area contributed by atoms with Crippen molar-refractivity contribution in [2.75, 3.05) is 5.75 Å². The second-order valence-corrected chi connectivity index (χ2v) is 8.23. The molecule has 2 aromatic carbocycles. The number of nitrogens with one attached hydrogen (secondary N) is 1. The van der Waals surface area contributed by atoms with E-state index in [9.17, 15) is 9.59 Å². The normalized spacial score (nSPS) is 16.0. The van der Waals surface area contributed by atoms with Gasteiger partial charge in [-0.2, -0.15) is 0 Å². The van der Waals surface area contributed by atoms with Gasteiger partial charge in [0.25, 0.3) is 0 Å². The first-order valence-corrected chi connectivity index (χ1v) is 10.1. The Labute approximate surface area is 163 Å². The Hall–Kier alpha value is -1.78. The van der Waals surface area contributed by atoms with Gasteiger partial charge in [0.05, 0.1) is 6.04 Å². The number of halogens is 1. The van der Waals surface area contributed by atoms with Gasteiger partial charge in [0, 0.05) is 34.1 Å². The molecule has 1 aliphatic heterocycles. The quantitative estimate of drug-likeness (QED) is 0.710. The standard InChI is InChI=1S/C21H22ClNO2S/c1-13-3-4-15(11-14(13)2)19(24)6-8-21(25)23-18-9-10-26-20-7-5-16(22)12-17(18)20/h3-5,7,11-12,18H,6,8-10H2,1-2H3,(H,23,25). The molecule has 0 fully saturated rings. The predicted molar refractivity (Wildman–Crippen MR) is 107 cm³/mol. The van der Waals surface area contributed by atoms with Crippen LogP contribution in [0, 0.1) is 13.8 Å². The zero-order chi connectivity index (χ0) is 18.7. The van der Waals surface area contributed by atoms with Gasteiger partial charge in [0.15, 0.2) is 5.78 Å². The molecule has 0 radical (unpaired) electrons. The number of carbonyl (C=O) groups excluding carboxylic acids is 2. The highest BCUT2D eigenvalue weighted by molar-refractivity contribution is 7.99. The minimum atomic E-state index is -0.0926. The molecule has 1 heterocycles. The number of fused-ring (bicyclic) bond motifs is 1. The lowest BCUT2D eigenvalue weighted by atomic mass is 10.0. The van der Waals surface area contributed by atoms with Crippen LogP contribution in [-0.2, 0) is 4.79 Å². The molecule has 2 aromatic rings. The summed E-state index contributed by atoms with van der Waals surface area (Å²) < 4.78 is 0. The minimum Gasteiger partial charge on any atom is -0.349 e. The molecule has 0 aliphatic carbocycles. The average Bonchev–Trinajstić information content (AvgIpc) is 2.62. The largest absolute Gasteiger partial charge is 0.349 e. The highest BCUT2D eigenvalue weighted by atomic mass is 35.5. The average molecular weight is 388 g/mol. The summed E-state index contributed by atoms with van der Waals surface area (Å²) in [6, 6.07) is 11.4. The number of ketones is 1. The van der Waals surface area contributed by atoms with Crippen molar-refractivity contribution in [3.63, 3.8) is 0 Å². The minimum absolute atomic E-state index is 0.00546. The van der Waals surface area contributed by atoms with Crippen LogP contribution in [0.1, 0.15) is 52.4 Å². The zero-order valence-corrected chi connectivity index (χ0v) is 16.5. The second-order valence-electron chi connectivity index (χ2n) is 6.66. The van der Waals surface area contributed by atoms with Crippen LogP contribution in [0.4, 0.5) is 0 Å². The van der Waals surface area contributed by atoms with Gasteiger partial charge in [-0.1, -0.05) is 23.7 Å². The highest BCUT2D eigenvalue weighted by Gasteiger charge is 2.23. The maximum Gasteiger partial charge on any atom is 0.220 e. The number of Topliss-reactive ketones (excluding diaryl/α,β-unsaturated/α-hetero) is 1. The molecule has 0 saturated heterocycles. The Bertz CT molecular complexity index is 850. The molecule has 5 heteroatoms. The third-order valence-electron chi connectivity index (χ3n) is 4.75. The van der Waals surface area contributed by atoms with Crippen LogP contribution in [0.5, 0.6) is 0 Å². The van der Waals surface area contributed by atoms with Crippen molar-refractivity contribution in [1.82, 2.24) is 5.32 Å². The van der Waals surface area contributed by atoms with E-state index >= 15 is 0 Å². The molecule has 26 heavy (non-hydrogen) atoms. The topological polar surface area (TPSA) is 46.2 Å². The van der Waals surface area contributed by atoms with Crippen LogP contribution in [0.3, 0.4) is 0 Å². The number of amides is 1. The third kappa shape index (κ3) is 4.49. The first-order valence-electron chi connectivity index (χ1n) is 8.76. The summed E-state index contributed by atoms with van der Waals surface area (Å²) in [6.45, 7) is 4.01. The lowest BCUT2D eigenvalue weighted by Gasteiger charge is -2.26. The SMILES string of the molecule is Cc1ccc(C(=O)CCC(=O)NC2CCSc3ccc(Cl)cc32)cc1C. The van der Waals surface area contributed by atoms with Crippen LogP contribution in [-0.4, -0.2) is 17.4 Å². The summed E-state index contributed by atoms with van der Waals surface area (Å²) in [5.41, 5.74) is 4.00. The molecule has 0 saturated carbocycles. The monoisotopic (exact) mass is 387 g/mol. The van der Waals surface area contributed by atoms with Gasteiger partial charge in [0.2, 0.25) is 5.91 Å². The number of rotatable bonds is 5. The first kappa shape index (κ1) is 19.0. The van der Waals surface area contributed by atoms with E-state index in [-0.39, 0.29) is 30.6 Å². The molecule has 0 bridgehead atoms. The molecule has 136 valence electrons. The third-order valence-corrected chi connectivity index (χ3v) is 6.11. The second kappa shape index (κ2) is 8.28. The summed E-state index contributed by atoms with van der Waals surface area (Å²) >= 11 is 7.89. The van der Waals surface area contributed by atoms with E-state index in [2.05, 4.69) is 5.32 Å². The smallest absolute Gasteiger partial charge is 0.220 e. The van der Waals surface area contributed by atoms with Gasteiger partial charge in [0.1, 0.15) is 0 Å². The van der Waals surface area contributed by atoms with E-state index in [0.717, 1.165) is 33.8 Å². The molecule has 3 rings (SSSR count). The van der Waals surface area contributed by atoms with Crippen LogP contribution in [0.2, 0.25) is 5.02 Å². The van der Waals surface area contributed by atoms with E-state index in [4.69, 9.17) is 11.6 Å². The number of thioether (sulfide) groups is 1. The van der Waals surface area contributed by atoms with Crippen LogP contribution in [0.25, 0.3) is 0 Å². The fourth-order valence-electron chi connectivity index (χ4n) is 3.07. The van der Waals surface area contributed by atoms with Crippen molar-refractivity contribution in [3.05, 3.63) is 63.7 Å². The molecular weight excluding hydrogens is 366 g/mol. The summed E-state index contributed by atoms with van der Waals surface area (Å²) in [5, 5.41) is 3.74. The Kier molecular flexibility index (Phi) is 6.05. The lowest BCUT2D eigenvalue weighted by molar-refractivity contribution is -0.121. The van der Waals surface area contributed by atoms with Crippen LogP contribution < -0.4 is 5.32 Å². The maximum absolute atomic E-state index is 12.4. The summed E-state index contributed by atoms with van der Waals surface area (Å²) in [7, 11) is 0. The predicted octanol–water partition coefficient (Wildman–Crippen LogP) is 5.27. The van der Waals surface area contributed by atoms with Gasteiger partial charge in [-0.05, 0) is 61.2 Å². The lowest BCUT2D eigenvalue weighted by Crippen LogP contribution is -2.30. The summed E-state index contributed by atoms with van der Waals surface area (Å²) in [6.07, 6.45) is 1.29. The molecular formula is C21H22ClNO2S. The summed E-state index contributed by atoms with van der Waals surface area (Å²) in [4.78, 5) is 25.9. The maximum atomic E-state index is 12.4. The van der Waals surface area contributed by atoms with E-state index in [1.165, 1.54) is 0 Å². The molecule has 0 spiro atoms. The van der Waals surface area contributed by atoms with E-state index < -0.39 is 0 Å². The fourth-order valence-corrected chi connectivity index (χ4v) is 4.35. The molecule has 1 aliphatic rings. The van der Waals surface area contributed by atoms with Gasteiger partial charge in [-0.3, -0.25) is 9.59 Å². The molecule has 1 N–H and O–H groups in total. The van der Waals surface area contributed by atoms with Crippen molar-refractivity contribution in [1.29, 1.82) is 0 Å². The van der Waals surface area contributed by atoms with Crippen molar-refractivity contribution >= 4 is 35.1 Å². The number of hydrogen-bond donors (Lipinski definition) is 1. The first-order chi connectivity index (χ1) is 12.4. The number of benzene rings is 2. The molecule has 0 aromatic heterocycles. The molecule has 1 unspecified atom stereocenters. The number of hydrogen-bond acceptors (Lipinski definition) is 3. The molecule has 1 atom stereocenters. The Morgan fingerprint density at radius 3 is 2.69 bits per heavy atom. The fraction of sp³-hybridized carbons (Fsp3) is 0.333. The molecule has 1 amide bonds. The van der Waals surface area contributed by atoms with Crippen LogP contribution in [0.15, 0.2) is 41.3 Å². The van der Waals surface area contributed by atoms with Crippen molar-refractivity contribution in [2.24, 2.45) is 0 Å². The Morgan fingerprint density at radius 1 is 1.12 bits per heavy atom. The van der Waals surface area contributed by atoms with Crippen molar-refractivity contribution < 1.29 is 9.59 Å². The van der Waals surface area contributed by atoms with Crippen molar-refractivity contribution in [2.45, 2.75) is 44.0 Å². The van der Waals surface area contributed by atoms with Crippen molar-refractivity contribution in [3.8, 4) is 0 Å². The Morgan fingerprint density at radius 2 is 1.92 bits per heavy atom. The molecule has 3 nitrogen and oxygen atoms in total. The van der Waals surface area contributed by atoms with Gasteiger partial charge >= 0.3 is 0 Å². The Balaban J connectivity index is 1.59. The van der Waals surface area contributed by atoms with E-state index in [1.807, 2.05) is 50.2 Å². The summed E-state index contributed by atoms with van der Waals surface area (Å²) in [5.74, 6) is 0.872. The van der Waals surface area contributed by atoms with Crippen LogP contribution >= 0.6 is 23.4 Å². The van der Waals surface area contributed by atoms with E-state index in [1.54, 1.807) is 11.8 Å². The number of carbonyl (C=O) groups is 2. The zero-order valence-electron chi connectivity index (χ0n) is 15.0. The van der Waals surface area contributed by atoms with E-state index in [0.29, 0.717) is 10.6 Å². The van der Waals surface area contributed by atoms with Gasteiger partial charge < -0.3 is 5.32 Å². The highest BCUT2D eigenvalue weighted by Crippen LogP contribution is 2.37. The number of aryl methyl sites for hydroxylation is 2.